The van der Waals surface area contributed by atoms with Crippen LogP contribution in [0.3, 0.4) is 0 Å². The summed E-state index contributed by atoms with van der Waals surface area (Å²) in [6, 6.07) is 0. The second-order valence-electron chi connectivity index (χ2n) is 10.9. The fourth-order valence-electron chi connectivity index (χ4n) is 7.49. The third-order valence-corrected chi connectivity index (χ3v) is 8.61. The average molecular weight is 445 g/mol. The Morgan fingerprint density at radius 2 is 1.81 bits per heavy atom. The van der Waals surface area contributed by atoms with Gasteiger partial charge in [0.25, 0.3) is 0 Å². The molecule has 0 bridgehead atoms. The average Bonchev–Trinajstić information content (AvgIpc) is 3.03. The molecular formula is C25H32O7. The Kier molecular flexibility index (Phi) is 4.46. The Morgan fingerprint density at radius 1 is 1.09 bits per heavy atom. The van der Waals surface area contributed by atoms with Crippen LogP contribution in [-0.2, 0) is 27.3 Å². The van der Waals surface area contributed by atoms with Crippen LogP contribution in [0.15, 0.2) is 0 Å². The van der Waals surface area contributed by atoms with Crippen molar-refractivity contribution in [3.63, 3.8) is 0 Å². The lowest BCUT2D eigenvalue weighted by atomic mass is 9.49. The molecule has 1 aromatic carbocycles. The highest BCUT2D eigenvalue weighted by molar-refractivity contribution is 5.98. The second kappa shape index (κ2) is 6.62. The first-order chi connectivity index (χ1) is 14.9. The van der Waals surface area contributed by atoms with Crippen LogP contribution >= 0.6 is 0 Å². The largest absolute Gasteiger partial charge is 0.495 e. The number of rotatable bonds is 1. The number of aliphatic hydroxyl groups is 1. The van der Waals surface area contributed by atoms with Gasteiger partial charge in [-0.2, -0.15) is 0 Å². The third-order valence-electron chi connectivity index (χ3n) is 8.61. The molecule has 0 aromatic heterocycles. The molecule has 0 radical (unpaired) electrons. The SMILES string of the molecule is COc1c2c(c(C)c3c1C(=O)OC3)O[C@]1(C)C[C@H](O)[C@@H]3C(C)(C)OC(=O)CC[C@@]3(C)[C@@H]1C2. The van der Waals surface area contributed by atoms with Crippen LogP contribution < -0.4 is 9.47 Å². The van der Waals surface area contributed by atoms with Gasteiger partial charge >= 0.3 is 11.9 Å². The molecule has 5 rings (SSSR count). The first kappa shape index (κ1) is 21.6. The summed E-state index contributed by atoms with van der Waals surface area (Å²) in [5, 5.41) is 11.4. The molecule has 4 aliphatic rings. The van der Waals surface area contributed by atoms with Crippen molar-refractivity contribution >= 4 is 11.9 Å². The van der Waals surface area contributed by atoms with E-state index in [1.54, 1.807) is 7.11 Å². The Balaban J connectivity index is 1.70. The van der Waals surface area contributed by atoms with Crippen molar-refractivity contribution < 1.29 is 33.6 Å². The standard InChI is InChI=1S/C25H32O7/c1-12-14-11-30-22(28)18(14)20(29-6)13-9-16-24(4)8-7-17(27)31-23(2,3)21(24)15(26)10-25(16,5)32-19(12)13/h15-16,21,26H,7-11H2,1-6H3/t15-,16-,21+,24-,25+/m0/s1. The third kappa shape index (κ3) is 2.69. The molecule has 3 aliphatic heterocycles. The Hall–Kier alpha value is -2.28. The van der Waals surface area contributed by atoms with Gasteiger partial charge in [0.15, 0.2) is 0 Å². The smallest absolute Gasteiger partial charge is 0.342 e. The molecule has 3 heterocycles. The predicted octanol–water partition coefficient (Wildman–Crippen LogP) is 3.49. The summed E-state index contributed by atoms with van der Waals surface area (Å²) in [6.45, 7) is 10.2. The van der Waals surface area contributed by atoms with Gasteiger partial charge in [0.1, 0.15) is 34.9 Å². The van der Waals surface area contributed by atoms with E-state index >= 15 is 0 Å². The fraction of sp³-hybridized carbons (Fsp3) is 0.680. The van der Waals surface area contributed by atoms with E-state index < -0.39 is 22.7 Å². The number of carbonyl (C=O) groups excluding carboxylic acids is 2. The summed E-state index contributed by atoms with van der Waals surface area (Å²) in [4.78, 5) is 24.9. The zero-order valence-electron chi connectivity index (χ0n) is 19.7. The highest BCUT2D eigenvalue weighted by Gasteiger charge is 2.65. The molecule has 7 heteroatoms. The van der Waals surface area contributed by atoms with Crippen LogP contribution in [0.1, 0.15) is 74.0 Å². The number of hydrogen-bond acceptors (Lipinski definition) is 7. The van der Waals surface area contributed by atoms with Gasteiger partial charge in [0.05, 0.1) is 13.2 Å². The minimum absolute atomic E-state index is 0.00607. The lowest BCUT2D eigenvalue weighted by Gasteiger charge is -2.61. The summed E-state index contributed by atoms with van der Waals surface area (Å²) in [7, 11) is 1.57. The van der Waals surface area contributed by atoms with E-state index in [4.69, 9.17) is 18.9 Å². The summed E-state index contributed by atoms with van der Waals surface area (Å²) in [5.41, 5.74) is 1.22. The van der Waals surface area contributed by atoms with E-state index in [1.165, 1.54) is 0 Å². The molecule has 1 saturated heterocycles. The lowest BCUT2D eigenvalue weighted by Crippen LogP contribution is -2.66. The molecule has 1 saturated carbocycles. The molecule has 174 valence electrons. The zero-order valence-corrected chi connectivity index (χ0v) is 19.7. The summed E-state index contributed by atoms with van der Waals surface area (Å²) in [5.74, 6) is 0.410. The van der Waals surface area contributed by atoms with Crippen molar-refractivity contribution in [1.29, 1.82) is 0 Å². The van der Waals surface area contributed by atoms with Crippen LogP contribution in [0.25, 0.3) is 0 Å². The number of esters is 2. The second-order valence-corrected chi connectivity index (χ2v) is 10.9. The van der Waals surface area contributed by atoms with E-state index in [2.05, 4.69) is 13.8 Å². The van der Waals surface area contributed by atoms with Gasteiger partial charge < -0.3 is 24.1 Å². The summed E-state index contributed by atoms with van der Waals surface area (Å²) < 4.78 is 23.6. The van der Waals surface area contributed by atoms with Crippen molar-refractivity contribution in [2.45, 2.75) is 84.2 Å². The number of fused-ring (bicyclic) bond motifs is 5. The van der Waals surface area contributed by atoms with Gasteiger partial charge in [0.2, 0.25) is 0 Å². The maximum Gasteiger partial charge on any atom is 0.342 e. The zero-order chi connectivity index (χ0) is 23.2. The topological polar surface area (TPSA) is 91.3 Å². The van der Waals surface area contributed by atoms with Crippen molar-refractivity contribution in [3.05, 3.63) is 22.3 Å². The van der Waals surface area contributed by atoms with Crippen molar-refractivity contribution in [2.75, 3.05) is 7.11 Å². The van der Waals surface area contributed by atoms with Gasteiger partial charge in [0, 0.05) is 35.8 Å². The first-order valence-corrected chi connectivity index (χ1v) is 11.4. The number of methoxy groups -OCH3 is 1. The van der Waals surface area contributed by atoms with E-state index in [1.807, 2.05) is 20.8 Å². The Morgan fingerprint density at radius 3 is 2.50 bits per heavy atom. The first-order valence-electron chi connectivity index (χ1n) is 11.4. The predicted molar refractivity (Wildman–Crippen MR) is 115 cm³/mol. The maximum atomic E-state index is 12.5. The van der Waals surface area contributed by atoms with E-state index in [9.17, 15) is 14.7 Å². The van der Waals surface area contributed by atoms with E-state index in [-0.39, 0.29) is 30.4 Å². The van der Waals surface area contributed by atoms with Crippen LogP contribution in [0.5, 0.6) is 11.5 Å². The van der Waals surface area contributed by atoms with Crippen LogP contribution in [0.4, 0.5) is 0 Å². The van der Waals surface area contributed by atoms with E-state index in [0.29, 0.717) is 37.0 Å². The molecule has 32 heavy (non-hydrogen) atoms. The lowest BCUT2D eigenvalue weighted by molar-refractivity contribution is -0.211. The number of cyclic esters (lactones) is 2. The van der Waals surface area contributed by atoms with Gasteiger partial charge in [-0.1, -0.05) is 6.92 Å². The molecule has 2 fully saturated rings. The number of aliphatic hydroxyl groups excluding tert-OH is 1. The van der Waals surface area contributed by atoms with Crippen LogP contribution in [0.2, 0.25) is 0 Å². The van der Waals surface area contributed by atoms with Gasteiger partial charge in [-0.3, -0.25) is 4.79 Å². The molecule has 1 N–H and O–H groups in total. The number of hydrogen-bond donors (Lipinski definition) is 1. The molecule has 1 aliphatic carbocycles. The van der Waals surface area contributed by atoms with Crippen LogP contribution in [0, 0.1) is 24.2 Å². The van der Waals surface area contributed by atoms with Crippen molar-refractivity contribution in [1.82, 2.24) is 0 Å². The van der Waals surface area contributed by atoms with Crippen molar-refractivity contribution in [3.8, 4) is 11.5 Å². The highest BCUT2D eigenvalue weighted by Crippen LogP contribution is 2.62. The summed E-state index contributed by atoms with van der Waals surface area (Å²) >= 11 is 0. The van der Waals surface area contributed by atoms with Gasteiger partial charge in [-0.25, -0.2) is 4.79 Å². The monoisotopic (exact) mass is 444 g/mol. The van der Waals surface area contributed by atoms with Gasteiger partial charge in [-0.05, 0) is 51.5 Å². The van der Waals surface area contributed by atoms with Crippen LogP contribution in [-0.4, -0.2) is 41.5 Å². The number of ether oxygens (including phenoxy) is 4. The minimum atomic E-state index is -0.800. The summed E-state index contributed by atoms with van der Waals surface area (Å²) in [6.07, 6.45) is 1.29. The van der Waals surface area contributed by atoms with E-state index in [0.717, 1.165) is 22.4 Å². The molecule has 0 unspecified atom stereocenters. The molecule has 5 atom stereocenters. The molecule has 1 aromatic rings. The molecular weight excluding hydrogens is 412 g/mol. The van der Waals surface area contributed by atoms with Crippen molar-refractivity contribution in [2.24, 2.45) is 17.3 Å². The Bertz CT molecular complexity index is 1030. The molecule has 0 spiro atoms. The minimum Gasteiger partial charge on any atom is -0.495 e. The molecule has 7 nitrogen and oxygen atoms in total. The maximum absolute atomic E-state index is 12.5. The highest BCUT2D eigenvalue weighted by atomic mass is 16.6. The fourth-order valence-corrected chi connectivity index (χ4v) is 7.49. The number of benzene rings is 1. The quantitative estimate of drug-likeness (QED) is 0.663. The Labute approximate surface area is 188 Å². The van der Waals surface area contributed by atoms with Gasteiger partial charge in [-0.15, -0.1) is 0 Å². The molecule has 0 amide bonds. The normalized spacial score (nSPS) is 37.0. The number of carbonyl (C=O) groups is 2.